The maximum atomic E-state index is 8.90. The molecule has 2 aliphatic rings. The summed E-state index contributed by atoms with van der Waals surface area (Å²) >= 11 is 0. The van der Waals surface area contributed by atoms with E-state index in [0.717, 1.165) is 30.4 Å². The summed E-state index contributed by atoms with van der Waals surface area (Å²) in [6, 6.07) is 8.33. The van der Waals surface area contributed by atoms with Crippen LogP contribution in [-0.2, 0) is 0 Å². The highest BCUT2D eigenvalue weighted by Crippen LogP contribution is 2.47. The molecule has 0 amide bonds. The van der Waals surface area contributed by atoms with Gasteiger partial charge in [-0.3, -0.25) is 5.41 Å². The van der Waals surface area contributed by atoms with Gasteiger partial charge in [-0.1, -0.05) is 93.5 Å². The van der Waals surface area contributed by atoms with Gasteiger partial charge in [-0.25, -0.2) is 0 Å². The van der Waals surface area contributed by atoms with Crippen molar-refractivity contribution in [3.8, 4) is 0 Å². The highest BCUT2D eigenvalue weighted by molar-refractivity contribution is 6.13. The lowest BCUT2D eigenvalue weighted by Gasteiger charge is -2.40. The Morgan fingerprint density at radius 2 is 2.08 bits per heavy atom. The molecule has 0 aromatic heterocycles. The van der Waals surface area contributed by atoms with Crippen molar-refractivity contribution in [2.24, 2.45) is 11.3 Å². The molecule has 1 aromatic rings. The van der Waals surface area contributed by atoms with Gasteiger partial charge in [-0.2, -0.15) is 0 Å². The standard InChI is InChI=1S/C24H29N/c1-3-5-16-24(17-6-4-2)18-15-19-11-7-8-12-20(19)23(25)21-13-9-10-14-22(21)24/h5,7-13,15-16,18,22,25H,3-4,6,14,17H2,1-2H3/b16-5?,18-15-,25-23?. The first-order valence-electron chi connectivity index (χ1n) is 9.64. The molecule has 1 aromatic carbocycles. The lowest BCUT2D eigenvalue weighted by Crippen LogP contribution is -2.33. The molecule has 1 heteroatoms. The maximum Gasteiger partial charge on any atom is 0.0653 e. The first-order valence-corrected chi connectivity index (χ1v) is 9.64. The van der Waals surface area contributed by atoms with Gasteiger partial charge in [0.15, 0.2) is 0 Å². The topological polar surface area (TPSA) is 23.9 Å². The molecule has 25 heavy (non-hydrogen) atoms. The molecule has 1 N–H and O–H groups in total. The number of fused-ring (bicyclic) bond motifs is 2. The van der Waals surface area contributed by atoms with E-state index in [9.17, 15) is 0 Å². The van der Waals surface area contributed by atoms with E-state index < -0.39 is 0 Å². The van der Waals surface area contributed by atoms with E-state index in [1.165, 1.54) is 18.4 Å². The largest absolute Gasteiger partial charge is 0.300 e. The van der Waals surface area contributed by atoms with E-state index in [-0.39, 0.29) is 5.41 Å². The van der Waals surface area contributed by atoms with Gasteiger partial charge in [0.25, 0.3) is 0 Å². The lowest BCUT2D eigenvalue weighted by atomic mass is 9.63. The van der Waals surface area contributed by atoms with Crippen LogP contribution in [0.1, 0.15) is 57.1 Å². The number of unbranched alkanes of at least 4 members (excludes halogenated alkanes) is 1. The first kappa shape index (κ1) is 17.7. The fraction of sp³-hybridized carbons (Fsp3) is 0.375. The van der Waals surface area contributed by atoms with Crippen molar-refractivity contribution in [2.75, 3.05) is 0 Å². The summed E-state index contributed by atoms with van der Waals surface area (Å²) in [5.74, 6) is 0.351. The minimum atomic E-state index is 0.00243. The summed E-state index contributed by atoms with van der Waals surface area (Å²) in [5, 5.41) is 8.90. The molecular weight excluding hydrogens is 302 g/mol. The van der Waals surface area contributed by atoms with Crippen LogP contribution >= 0.6 is 0 Å². The van der Waals surface area contributed by atoms with Crippen molar-refractivity contribution in [3.63, 3.8) is 0 Å². The highest BCUT2D eigenvalue weighted by atomic mass is 14.5. The lowest BCUT2D eigenvalue weighted by molar-refractivity contribution is 0.314. The average molecular weight is 332 g/mol. The van der Waals surface area contributed by atoms with Crippen molar-refractivity contribution in [1.82, 2.24) is 0 Å². The van der Waals surface area contributed by atoms with Crippen LogP contribution in [0.3, 0.4) is 0 Å². The molecule has 130 valence electrons. The van der Waals surface area contributed by atoms with Crippen LogP contribution in [0.25, 0.3) is 6.08 Å². The molecule has 1 nitrogen and oxygen atoms in total. The Hall–Kier alpha value is -2.15. The molecule has 2 unspecified atom stereocenters. The van der Waals surface area contributed by atoms with Gasteiger partial charge < -0.3 is 0 Å². The van der Waals surface area contributed by atoms with Crippen molar-refractivity contribution in [1.29, 1.82) is 5.41 Å². The number of hydrogen-bond donors (Lipinski definition) is 1. The SMILES string of the molecule is CCC=CC1(CCCC)/C=C\c2ccccc2C(=N)C2=CC=CCC21. The number of benzene rings is 1. The van der Waals surface area contributed by atoms with Gasteiger partial charge >= 0.3 is 0 Å². The maximum absolute atomic E-state index is 8.90. The monoisotopic (exact) mass is 331 g/mol. The van der Waals surface area contributed by atoms with Crippen LogP contribution in [0.15, 0.2) is 66.3 Å². The number of rotatable bonds is 5. The van der Waals surface area contributed by atoms with Crippen LogP contribution in [0, 0.1) is 16.7 Å². The first-order chi connectivity index (χ1) is 12.2. The summed E-state index contributed by atoms with van der Waals surface area (Å²) in [4.78, 5) is 0. The minimum absolute atomic E-state index is 0.00243. The van der Waals surface area contributed by atoms with Crippen LogP contribution in [0.4, 0.5) is 0 Å². The molecule has 0 saturated carbocycles. The zero-order chi connectivity index (χ0) is 17.7. The van der Waals surface area contributed by atoms with Crippen molar-refractivity contribution in [3.05, 3.63) is 77.4 Å². The molecule has 0 saturated heterocycles. The van der Waals surface area contributed by atoms with Gasteiger partial charge in [0, 0.05) is 16.9 Å². The van der Waals surface area contributed by atoms with Gasteiger partial charge in [-0.15, -0.1) is 0 Å². The van der Waals surface area contributed by atoms with Gasteiger partial charge in [0.2, 0.25) is 0 Å². The van der Waals surface area contributed by atoms with Crippen LogP contribution < -0.4 is 0 Å². The van der Waals surface area contributed by atoms with Crippen molar-refractivity contribution >= 4 is 11.8 Å². The second-order valence-corrected chi connectivity index (χ2v) is 7.16. The Morgan fingerprint density at radius 1 is 1.24 bits per heavy atom. The van der Waals surface area contributed by atoms with Gasteiger partial charge in [-0.05, 0) is 30.4 Å². The second-order valence-electron chi connectivity index (χ2n) is 7.16. The third kappa shape index (κ3) is 3.46. The Balaban J connectivity index is 2.19. The fourth-order valence-electron chi connectivity index (χ4n) is 4.12. The van der Waals surface area contributed by atoms with E-state index >= 15 is 0 Å². The number of allylic oxidation sites excluding steroid dienone is 7. The number of nitrogens with one attached hydrogen (secondary N) is 1. The van der Waals surface area contributed by atoms with Crippen molar-refractivity contribution < 1.29 is 0 Å². The molecule has 2 atom stereocenters. The smallest absolute Gasteiger partial charge is 0.0653 e. The minimum Gasteiger partial charge on any atom is -0.300 e. The molecule has 0 radical (unpaired) electrons. The predicted octanol–water partition coefficient (Wildman–Crippen LogP) is 6.73. The van der Waals surface area contributed by atoms with Gasteiger partial charge in [0.05, 0.1) is 5.71 Å². The third-order valence-electron chi connectivity index (χ3n) is 5.53. The summed E-state index contributed by atoms with van der Waals surface area (Å²) in [5.41, 5.74) is 4.10. The fourth-order valence-corrected chi connectivity index (χ4v) is 4.12. The Morgan fingerprint density at radius 3 is 2.88 bits per heavy atom. The molecule has 2 aliphatic carbocycles. The predicted molar refractivity (Wildman–Crippen MR) is 109 cm³/mol. The second kappa shape index (κ2) is 7.82. The quantitative estimate of drug-likeness (QED) is 0.579. The van der Waals surface area contributed by atoms with Crippen molar-refractivity contribution in [2.45, 2.75) is 46.0 Å². The molecule has 0 spiro atoms. The zero-order valence-corrected chi connectivity index (χ0v) is 15.5. The molecule has 0 bridgehead atoms. The third-order valence-corrected chi connectivity index (χ3v) is 5.53. The molecular formula is C24H29N. The summed E-state index contributed by atoms with van der Waals surface area (Å²) in [7, 11) is 0. The molecule has 0 fully saturated rings. The Bertz CT molecular complexity index is 747. The van der Waals surface area contributed by atoms with E-state index in [1.54, 1.807) is 0 Å². The number of hydrogen-bond acceptors (Lipinski definition) is 1. The summed E-state index contributed by atoms with van der Waals surface area (Å²) in [6.45, 7) is 4.46. The highest BCUT2D eigenvalue weighted by Gasteiger charge is 2.38. The zero-order valence-electron chi connectivity index (χ0n) is 15.5. The average Bonchev–Trinajstić information content (AvgIpc) is 2.66. The van der Waals surface area contributed by atoms with E-state index in [0.29, 0.717) is 11.6 Å². The Kier molecular flexibility index (Phi) is 5.53. The van der Waals surface area contributed by atoms with E-state index in [4.69, 9.17) is 5.41 Å². The van der Waals surface area contributed by atoms with Crippen LogP contribution in [0.5, 0.6) is 0 Å². The molecule has 0 aliphatic heterocycles. The summed E-state index contributed by atoms with van der Waals surface area (Å²) in [6.07, 6.45) is 21.6. The van der Waals surface area contributed by atoms with E-state index in [2.05, 4.69) is 74.6 Å². The molecule has 0 heterocycles. The summed E-state index contributed by atoms with van der Waals surface area (Å²) < 4.78 is 0. The normalized spacial score (nSPS) is 26.6. The van der Waals surface area contributed by atoms with Crippen LogP contribution in [-0.4, -0.2) is 5.71 Å². The van der Waals surface area contributed by atoms with E-state index in [1.807, 2.05) is 6.07 Å². The Labute approximate surface area is 152 Å². The van der Waals surface area contributed by atoms with Gasteiger partial charge in [0.1, 0.15) is 0 Å². The van der Waals surface area contributed by atoms with Crippen LogP contribution in [0.2, 0.25) is 0 Å². The molecule has 3 rings (SSSR count).